The Kier molecular flexibility index (Phi) is 7.99. The number of fused-ring (bicyclic) bond motifs is 1. The van der Waals surface area contributed by atoms with Gasteiger partial charge in [-0.2, -0.15) is 8.78 Å². The molecule has 4 N–H and O–H groups in total. The maximum Gasteiger partial charge on any atom is 0.335 e. The van der Waals surface area contributed by atoms with Crippen LogP contribution in [0, 0.1) is 5.41 Å². The normalized spacial score (nSPS) is 14.1. The van der Waals surface area contributed by atoms with Crippen LogP contribution in [0.4, 0.5) is 20.2 Å². The smallest absolute Gasteiger partial charge is 0.335 e. The highest BCUT2D eigenvalue weighted by molar-refractivity contribution is 5.91. The molecule has 0 spiro atoms. The van der Waals surface area contributed by atoms with Crippen LogP contribution in [0.1, 0.15) is 41.4 Å². The molecule has 9 nitrogen and oxygen atoms in total. The van der Waals surface area contributed by atoms with Crippen molar-refractivity contribution in [2.75, 3.05) is 18.5 Å². The van der Waals surface area contributed by atoms with E-state index in [2.05, 4.69) is 10.6 Å². The Balaban J connectivity index is 1.63. The fourth-order valence-electron chi connectivity index (χ4n) is 3.98. The number of alkyl halides is 2. The van der Waals surface area contributed by atoms with Crippen molar-refractivity contribution < 1.29 is 37.7 Å². The summed E-state index contributed by atoms with van der Waals surface area (Å²) in [6.45, 7) is 2.82. The molecule has 0 aromatic heterocycles. The number of ether oxygens (including phenoxy) is 3. The molecule has 0 saturated heterocycles. The van der Waals surface area contributed by atoms with Gasteiger partial charge < -0.3 is 35.4 Å². The molecule has 11 heteroatoms. The predicted molar refractivity (Wildman–Crippen MR) is 140 cm³/mol. The van der Waals surface area contributed by atoms with Crippen LogP contribution in [0.3, 0.4) is 0 Å². The van der Waals surface area contributed by atoms with Crippen molar-refractivity contribution in [1.82, 2.24) is 5.32 Å². The Bertz CT molecular complexity index is 1390. The number of carboxylic acid groups (broad SMARTS) is 1. The average molecular weight is 540 g/mol. The van der Waals surface area contributed by atoms with Gasteiger partial charge in [-0.1, -0.05) is 12.1 Å². The first-order valence-electron chi connectivity index (χ1n) is 12.0. The van der Waals surface area contributed by atoms with Gasteiger partial charge in [-0.15, -0.1) is 0 Å². The van der Waals surface area contributed by atoms with Gasteiger partial charge in [0.25, 0.3) is 5.91 Å². The summed E-state index contributed by atoms with van der Waals surface area (Å²) in [5.74, 6) is -4.78. The summed E-state index contributed by atoms with van der Waals surface area (Å²) in [4.78, 5) is 23.3. The average Bonchev–Trinajstić information content (AvgIpc) is 2.91. The lowest BCUT2D eigenvalue weighted by molar-refractivity contribution is -0.144. The van der Waals surface area contributed by atoms with E-state index in [9.17, 15) is 23.5 Å². The summed E-state index contributed by atoms with van der Waals surface area (Å²) >= 11 is 0. The van der Waals surface area contributed by atoms with E-state index in [0.29, 0.717) is 59.9 Å². The lowest BCUT2D eigenvalue weighted by Crippen LogP contribution is -2.46. The fraction of sp³-hybridized carbons (Fsp3) is 0.250. The quantitative estimate of drug-likeness (QED) is 0.261. The predicted octanol–water partition coefficient (Wildman–Crippen LogP) is 5.18. The maximum atomic E-state index is 13.6. The SMILES string of the molecule is C[C@H](NC(=O)C(C)(F)F)[C@H](Oc1ccc(Nc2cccc(C(=O)O)c2)c(C=N)c1)c1ccc2c(c1)OCCO2. The highest BCUT2D eigenvalue weighted by Crippen LogP contribution is 2.36. The van der Waals surface area contributed by atoms with Crippen molar-refractivity contribution in [2.24, 2.45) is 0 Å². The van der Waals surface area contributed by atoms with Gasteiger partial charge in [-0.3, -0.25) is 4.79 Å². The Labute approximate surface area is 223 Å². The molecule has 0 bridgehead atoms. The molecule has 3 aromatic rings. The molecule has 0 radical (unpaired) electrons. The second kappa shape index (κ2) is 11.4. The fourth-order valence-corrected chi connectivity index (χ4v) is 3.98. The molecule has 1 aliphatic rings. The van der Waals surface area contributed by atoms with Crippen molar-refractivity contribution in [2.45, 2.75) is 31.9 Å². The van der Waals surface area contributed by atoms with Crippen molar-refractivity contribution >= 4 is 29.5 Å². The van der Waals surface area contributed by atoms with E-state index in [1.165, 1.54) is 12.1 Å². The standard InChI is InChI=1S/C28H27F2N3O6/c1-16(32-27(36)28(2,29)30)25(17-6-9-23-24(14-17)38-11-10-37-23)39-21-7-8-22(19(13-21)15-31)33-20-5-3-4-18(12-20)26(34)35/h3-9,12-16,25,31,33H,10-11H2,1-2H3,(H,32,36)(H,34,35)/t16-,25-/m0/s1. The van der Waals surface area contributed by atoms with E-state index >= 15 is 0 Å². The molecule has 1 amide bonds. The van der Waals surface area contributed by atoms with Gasteiger partial charge in [0.15, 0.2) is 11.5 Å². The monoisotopic (exact) mass is 539 g/mol. The molecular weight excluding hydrogens is 512 g/mol. The summed E-state index contributed by atoms with van der Waals surface area (Å²) in [6.07, 6.45) is 0.190. The van der Waals surface area contributed by atoms with Crippen LogP contribution >= 0.6 is 0 Å². The zero-order chi connectivity index (χ0) is 28.2. The molecule has 0 unspecified atom stereocenters. The molecule has 0 saturated carbocycles. The molecule has 0 aliphatic carbocycles. The van der Waals surface area contributed by atoms with E-state index in [0.717, 1.165) is 6.21 Å². The first-order chi connectivity index (χ1) is 18.5. The second-order valence-electron chi connectivity index (χ2n) is 9.00. The Hall–Kier alpha value is -4.67. The van der Waals surface area contributed by atoms with Gasteiger partial charge >= 0.3 is 11.9 Å². The van der Waals surface area contributed by atoms with Gasteiger partial charge in [-0.05, 0) is 61.0 Å². The molecule has 2 atom stereocenters. The number of anilines is 2. The van der Waals surface area contributed by atoms with Crippen LogP contribution in [0.25, 0.3) is 0 Å². The topological polar surface area (TPSA) is 130 Å². The molecule has 3 aromatic carbocycles. The third kappa shape index (κ3) is 6.61. The zero-order valence-corrected chi connectivity index (χ0v) is 21.2. The molecule has 0 fully saturated rings. The summed E-state index contributed by atoms with van der Waals surface area (Å²) in [5, 5.41) is 22.5. The molecule has 1 aliphatic heterocycles. The van der Waals surface area contributed by atoms with E-state index in [-0.39, 0.29) is 5.56 Å². The first-order valence-corrected chi connectivity index (χ1v) is 12.0. The third-order valence-corrected chi connectivity index (χ3v) is 5.94. The number of hydrogen-bond acceptors (Lipinski definition) is 7. The van der Waals surface area contributed by atoms with Crippen LogP contribution in [-0.2, 0) is 4.79 Å². The van der Waals surface area contributed by atoms with E-state index in [1.807, 2.05) is 0 Å². The maximum absolute atomic E-state index is 13.6. The highest BCUT2D eigenvalue weighted by atomic mass is 19.3. The van der Waals surface area contributed by atoms with Gasteiger partial charge in [0.05, 0.1) is 11.6 Å². The minimum atomic E-state index is -3.58. The number of amides is 1. The number of nitrogens with one attached hydrogen (secondary N) is 3. The number of hydrogen-bond donors (Lipinski definition) is 4. The number of carbonyl (C=O) groups is 2. The molecule has 4 rings (SSSR count). The molecule has 39 heavy (non-hydrogen) atoms. The van der Waals surface area contributed by atoms with Gasteiger partial charge in [0.2, 0.25) is 0 Å². The van der Waals surface area contributed by atoms with Crippen LogP contribution in [0.15, 0.2) is 60.7 Å². The first kappa shape index (κ1) is 27.4. The lowest BCUT2D eigenvalue weighted by atomic mass is 10.0. The lowest BCUT2D eigenvalue weighted by Gasteiger charge is -2.29. The number of carboxylic acids is 1. The number of carbonyl (C=O) groups excluding carboxylic acids is 1. The summed E-state index contributed by atoms with van der Waals surface area (Å²) < 4.78 is 44.7. The van der Waals surface area contributed by atoms with Crippen LogP contribution < -0.4 is 24.8 Å². The van der Waals surface area contributed by atoms with Crippen LogP contribution in [0.5, 0.6) is 17.2 Å². The number of benzene rings is 3. The van der Waals surface area contributed by atoms with E-state index in [1.54, 1.807) is 55.5 Å². The van der Waals surface area contributed by atoms with Crippen LogP contribution in [0.2, 0.25) is 0 Å². The van der Waals surface area contributed by atoms with Crippen molar-refractivity contribution in [3.8, 4) is 17.2 Å². The highest BCUT2D eigenvalue weighted by Gasteiger charge is 2.35. The number of rotatable bonds is 10. The Morgan fingerprint density at radius 2 is 1.82 bits per heavy atom. The van der Waals surface area contributed by atoms with E-state index in [4.69, 9.17) is 19.6 Å². The number of aromatic carboxylic acids is 1. The third-order valence-electron chi connectivity index (χ3n) is 5.94. The zero-order valence-electron chi connectivity index (χ0n) is 21.2. The van der Waals surface area contributed by atoms with Crippen molar-refractivity contribution in [3.05, 3.63) is 77.4 Å². The Morgan fingerprint density at radius 1 is 1.08 bits per heavy atom. The summed E-state index contributed by atoms with van der Waals surface area (Å²) in [5.41, 5.74) is 2.11. The largest absolute Gasteiger partial charge is 0.486 e. The number of halogens is 2. The summed E-state index contributed by atoms with van der Waals surface area (Å²) in [6, 6.07) is 15.2. The van der Waals surface area contributed by atoms with Gasteiger partial charge in [0.1, 0.15) is 25.1 Å². The van der Waals surface area contributed by atoms with Gasteiger partial charge in [0, 0.05) is 30.1 Å². The van der Waals surface area contributed by atoms with Crippen molar-refractivity contribution in [3.63, 3.8) is 0 Å². The Morgan fingerprint density at radius 3 is 2.51 bits per heavy atom. The molecule has 204 valence electrons. The molecule has 1 heterocycles. The molecular formula is C28H27F2N3O6. The minimum absolute atomic E-state index is 0.104. The van der Waals surface area contributed by atoms with Crippen molar-refractivity contribution in [1.29, 1.82) is 5.41 Å². The second-order valence-corrected chi connectivity index (χ2v) is 9.00. The van der Waals surface area contributed by atoms with E-state index < -0.39 is 29.9 Å². The van der Waals surface area contributed by atoms with Gasteiger partial charge in [-0.25, -0.2) is 4.79 Å². The van der Waals surface area contributed by atoms with Crippen LogP contribution in [-0.4, -0.2) is 48.4 Å². The minimum Gasteiger partial charge on any atom is -0.486 e. The summed E-state index contributed by atoms with van der Waals surface area (Å²) in [7, 11) is 0.